The lowest BCUT2D eigenvalue weighted by Crippen LogP contribution is -2.40. The van der Waals surface area contributed by atoms with Gasteiger partial charge in [-0.2, -0.15) is 0 Å². The van der Waals surface area contributed by atoms with E-state index in [1.807, 2.05) is 30.3 Å². The van der Waals surface area contributed by atoms with Crippen molar-refractivity contribution in [1.29, 1.82) is 0 Å². The van der Waals surface area contributed by atoms with E-state index in [2.05, 4.69) is 5.32 Å². The predicted octanol–water partition coefficient (Wildman–Crippen LogP) is 2.22. The summed E-state index contributed by atoms with van der Waals surface area (Å²) in [6, 6.07) is 9.52. The van der Waals surface area contributed by atoms with Gasteiger partial charge in [0, 0.05) is 6.54 Å². The van der Waals surface area contributed by atoms with Crippen molar-refractivity contribution in [1.82, 2.24) is 5.32 Å². The highest BCUT2D eigenvalue weighted by Crippen LogP contribution is 2.28. The molecular weight excluding hydrogens is 230 g/mol. The van der Waals surface area contributed by atoms with Gasteiger partial charge in [-0.1, -0.05) is 43.2 Å². The number of alkyl carbamates (subject to hydrolysis) is 1. The van der Waals surface area contributed by atoms with Crippen molar-refractivity contribution in [2.75, 3.05) is 6.54 Å². The Morgan fingerprint density at radius 3 is 2.61 bits per heavy atom. The van der Waals surface area contributed by atoms with Crippen molar-refractivity contribution in [3.63, 3.8) is 0 Å². The Hall–Kier alpha value is -1.55. The maximum absolute atomic E-state index is 11.5. The van der Waals surface area contributed by atoms with Crippen molar-refractivity contribution >= 4 is 6.09 Å². The van der Waals surface area contributed by atoms with Gasteiger partial charge in [-0.25, -0.2) is 4.79 Å². The number of benzene rings is 1. The molecule has 2 rings (SSSR count). The normalized spacial score (nSPS) is 17.4. The molecule has 0 aliphatic heterocycles. The number of carbonyl (C=O) groups excluding carboxylic acids is 1. The van der Waals surface area contributed by atoms with Gasteiger partial charge in [-0.05, 0) is 18.4 Å². The van der Waals surface area contributed by atoms with Crippen molar-refractivity contribution in [2.24, 2.45) is 0 Å². The average molecular weight is 249 g/mol. The van der Waals surface area contributed by atoms with E-state index in [4.69, 9.17) is 4.74 Å². The molecule has 0 spiro atoms. The number of amides is 1. The number of rotatable bonds is 4. The van der Waals surface area contributed by atoms with Gasteiger partial charge in [0.2, 0.25) is 0 Å². The highest BCUT2D eigenvalue weighted by molar-refractivity contribution is 5.67. The fourth-order valence-corrected chi connectivity index (χ4v) is 2.22. The summed E-state index contributed by atoms with van der Waals surface area (Å²) in [5.41, 5.74) is 0.221. The molecule has 98 valence electrons. The number of hydrogen-bond donors (Lipinski definition) is 2. The molecule has 1 aromatic carbocycles. The first-order valence-electron chi connectivity index (χ1n) is 6.35. The predicted molar refractivity (Wildman–Crippen MR) is 68.0 cm³/mol. The van der Waals surface area contributed by atoms with Crippen LogP contribution in [0.25, 0.3) is 0 Å². The van der Waals surface area contributed by atoms with E-state index in [1.54, 1.807) is 0 Å². The van der Waals surface area contributed by atoms with Crippen molar-refractivity contribution in [2.45, 2.75) is 37.9 Å². The summed E-state index contributed by atoms with van der Waals surface area (Å²) in [5.74, 6) is 0. The SMILES string of the molecule is O=C(NCC1(O)CCCC1)OCc1ccccc1. The highest BCUT2D eigenvalue weighted by Gasteiger charge is 2.31. The van der Waals surface area contributed by atoms with Crippen molar-refractivity contribution in [3.05, 3.63) is 35.9 Å². The molecule has 0 bridgehead atoms. The lowest BCUT2D eigenvalue weighted by atomic mass is 10.0. The second-order valence-corrected chi connectivity index (χ2v) is 4.85. The van der Waals surface area contributed by atoms with Crippen molar-refractivity contribution in [3.8, 4) is 0 Å². The van der Waals surface area contributed by atoms with Gasteiger partial charge in [0.1, 0.15) is 6.61 Å². The first kappa shape index (κ1) is 12.9. The van der Waals surface area contributed by atoms with Crippen LogP contribution in [0.4, 0.5) is 4.79 Å². The maximum Gasteiger partial charge on any atom is 0.407 e. The maximum atomic E-state index is 11.5. The zero-order valence-corrected chi connectivity index (χ0v) is 10.4. The van der Waals surface area contributed by atoms with Crippen LogP contribution in [0, 0.1) is 0 Å². The Morgan fingerprint density at radius 1 is 1.28 bits per heavy atom. The quantitative estimate of drug-likeness (QED) is 0.860. The van der Waals surface area contributed by atoms with Crippen LogP contribution in [0.2, 0.25) is 0 Å². The Balaban J connectivity index is 1.69. The van der Waals surface area contributed by atoms with Gasteiger partial charge < -0.3 is 15.2 Å². The molecular formula is C14H19NO3. The van der Waals surface area contributed by atoms with E-state index in [0.717, 1.165) is 31.2 Å². The van der Waals surface area contributed by atoms with Gasteiger partial charge in [-0.3, -0.25) is 0 Å². The monoisotopic (exact) mass is 249 g/mol. The third kappa shape index (κ3) is 3.74. The second-order valence-electron chi connectivity index (χ2n) is 4.85. The van der Waals surface area contributed by atoms with Crippen molar-refractivity contribution < 1.29 is 14.6 Å². The molecule has 0 saturated heterocycles. The molecule has 1 aliphatic carbocycles. The van der Waals surface area contributed by atoms with Gasteiger partial charge in [0.25, 0.3) is 0 Å². The molecule has 0 unspecified atom stereocenters. The summed E-state index contributed by atoms with van der Waals surface area (Å²) in [6.07, 6.45) is 3.09. The first-order valence-corrected chi connectivity index (χ1v) is 6.35. The fraction of sp³-hybridized carbons (Fsp3) is 0.500. The number of hydrogen-bond acceptors (Lipinski definition) is 3. The van der Waals surface area contributed by atoms with E-state index < -0.39 is 11.7 Å². The van der Waals surface area contributed by atoms with E-state index in [0.29, 0.717) is 0 Å². The van der Waals surface area contributed by atoms with E-state index >= 15 is 0 Å². The molecule has 0 radical (unpaired) electrons. The van der Waals surface area contributed by atoms with Gasteiger partial charge in [-0.15, -0.1) is 0 Å². The molecule has 0 atom stereocenters. The molecule has 1 saturated carbocycles. The first-order chi connectivity index (χ1) is 8.68. The largest absolute Gasteiger partial charge is 0.445 e. The standard InChI is InChI=1S/C14H19NO3/c16-13(15-11-14(17)8-4-5-9-14)18-10-12-6-2-1-3-7-12/h1-3,6-7,17H,4-5,8-11H2,(H,15,16). The molecule has 4 nitrogen and oxygen atoms in total. The van der Waals surface area contributed by atoms with Crippen LogP contribution in [-0.4, -0.2) is 23.3 Å². The molecule has 1 amide bonds. The van der Waals surface area contributed by atoms with Crippen LogP contribution in [-0.2, 0) is 11.3 Å². The van der Waals surface area contributed by atoms with Crippen LogP contribution >= 0.6 is 0 Å². The Bertz CT molecular complexity index is 385. The van der Waals surface area contributed by atoms with E-state index in [-0.39, 0.29) is 13.2 Å². The van der Waals surface area contributed by atoms with E-state index in [9.17, 15) is 9.90 Å². The highest BCUT2D eigenvalue weighted by atomic mass is 16.5. The van der Waals surface area contributed by atoms with Crippen LogP contribution < -0.4 is 5.32 Å². The van der Waals surface area contributed by atoms with Gasteiger partial charge in [0.15, 0.2) is 0 Å². The van der Waals surface area contributed by atoms with Gasteiger partial charge >= 0.3 is 6.09 Å². The minimum atomic E-state index is -0.730. The Morgan fingerprint density at radius 2 is 1.94 bits per heavy atom. The van der Waals surface area contributed by atoms with E-state index in [1.165, 1.54) is 0 Å². The summed E-state index contributed by atoms with van der Waals surface area (Å²) >= 11 is 0. The number of nitrogens with one attached hydrogen (secondary N) is 1. The number of carbonyl (C=O) groups is 1. The molecule has 1 fully saturated rings. The lowest BCUT2D eigenvalue weighted by Gasteiger charge is -2.22. The van der Waals surface area contributed by atoms with Crippen LogP contribution in [0.15, 0.2) is 30.3 Å². The molecule has 1 aliphatic rings. The van der Waals surface area contributed by atoms with Crippen LogP contribution in [0.3, 0.4) is 0 Å². The average Bonchev–Trinajstić information content (AvgIpc) is 2.83. The molecule has 18 heavy (non-hydrogen) atoms. The minimum absolute atomic E-state index is 0.255. The van der Waals surface area contributed by atoms with Crippen LogP contribution in [0.1, 0.15) is 31.2 Å². The lowest BCUT2D eigenvalue weighted by molar-refractivity contribution is 0.0446. The summed E-state index contributed by atoms with van der Waals surface area (Å²) in [5, 5.41) is 12.7. The topological polar surface area (TPSA) is 58.6 Å². The molecule has 2 N–H and O–H groups in total. The smallest absolute Gasteiger partial charge is 0.407 e. The zero-order chi connectivity index (χ0) is 12.8. The molecule has 4 heteroatoms. The molecule has 0 aromatic heterocycles. The molecule has 0 heterocycles. The Kier molecular flexibility index (Phi) is 4.20. The summed E-state index contributed by atoms with van der Waals surface area (Å²) in [7, 11) is 0. The zero-order valence-electron chi connectivity index (χ0n) is 10.4. The third-order valence-corrected chi connectivity index (χ3v) is 3.31. The summed E-state index contributed by atoms with van der Waals surface area (Å²) in [4.78, 5) is 11.5. The minimum Gasteiger partial charge on any atom is -0.445 e. The summed E-state index contributed by atoms with van der Waals surface area (Å²) in [6.45, 7) is 0.533. The Labute approximate surface area is 107 Å². The third-order valence-electron chi connectivity index (χ3n) is 3.31. The fourth-order valence-electron chi connectivity index (χ4n) is 2.22. The number of ether oxygens (including phenoxy) is 1. The van der Waals surface area contributed by atoms with Gasteiger partial charge in [0.05, 0.1) is 5.60 Å². The summed E-state index contributed by atoms with van der Waals surface area (Å²) < 4.78 is 5.07. The second kappa shape index (κ2) is 5.87. The molecule has 1 aromatic rings. The van der Waals surface area contributed by atoms with Crippen LogP contribution in [0.5, 0.6) is 0 Å². The number of aliphatic hydroxyl groups is 1.